The van der Waals surface area contributed by atoms with Crippen LogP contribution in [0.1, 0.15) is 39.2 Å². The van der Waals surface area contributed by atoms with Gasteiger partial charge in [0.1, 0.15) is 5.60 Å². The van der Waals surface area contributed by atoms with Gasteiger partial charge in [0.2, 0.25) is 0 Å². The molecule has 26 heavy (non-hydrogen) atoms. The summed E-state index contributed by atoms with van der Waals surface area (Å²) in [6.07, 6.45) is 6.86. The second-order valence-electron chi connectivity index (χ2n) is 8.22. The summed E-state index contributed by atoms with van der Waals surface area (Å²) in [5, 5.41) is 4.26. The lowest BCUT2D eigenvalue weighted by molar-refractivity contribution is 0.0184. The zero-order valence-electron chi connectivity index (χ0n) is 16.2. The minimum absolute atomic E-state index is 0.186. The molecule has 1 aliphatic heterocycles. The largest absolute Gasteiger partial charge is 0.444 e. The van der Waals surface area contributed by atoms with Crippen molar-refractivity contribution in [3.05, 3.63) is 42.2 Å². The van der Waals surface area contributed by atoms with Gasteiger partial charge in [0.25, 0.3) is 0 Å². The highest BCUT2D eigenvalue weighted by Crippen LogP contribution is 2.26. The van der Waals surface area contributed by atoms with Crippen molar-refractivity contribution < 1.29 is 9.53 Å². The molecular formula is C21H29N3O2. The van der Waals surface area contributed by atoms with Crippen molar-refractivity contribution in [2.45, 2.75) is 45.6 Å². The van der Waals surface area contributed by atoms with Gasteiger partial charge in [0.15, 0.2) is 0 Å². The smallest absolute Gasteiger partial charge is 0.410 e. The van der Waals surface area contributed by atoms with Crippen molar-refractivity contribution in [2.24, 2.45) is 13.0 Å². The van der Waals surface area contributed by atoms with Crippen molar-refractivity contribution in [1.82, 2.24) is 14.7 Å². The van der Waals surface area contributed by atoms with Crippen LogP contribution >= 0.6 is 0 Å². The predicted molar refractivity (Wildman–Crippen MR) is 103 cm³/mol. The molecule has 1 fully saturated rings. The molecule has 3 rings (SSSR count). The van der Waals surface area contributed by atoms with E-state index >= 15 is 0 Å². The Morgan fingerprint density at radius 1 is 1.23 bits per heavy atom. The Bertz CT molecular complexity index is 753. The van der Waals surface area contributed by atoms with Gasteiger partial charge in [-0.1, -0.05) is 24.3 Å². The fourth-order valence-corrected chi connectivity index (χ4v) is 3.43. The SMILES string of the molecule is Cn1cc(-c2cccc(CC3CCN(C(=O)OC(C)(C)C)CC3)c2)cn1. The van der Waals surface area contributed by atoms with Crippen molar-refractivity contribution in [3.8, 4) is 11.1 Å². The molecule has 0 atom stereocenters. The number of amides is 1. The number of carbonyl (C=O) groups is 1. The van der Waals surface area contributed by atoms with Crippen LogP contribution in [-0.2, 0) is 18.2 Å². The van der Waals surface area contributed by atoms with Crippen LogP contribution in [-0.4, -0.2) is 39.5 Å². The van der Waals surface area contributed by atoms with E-state index in [0.717, 1.165) is 37.9 Å². The Morgan fingerprint density at radius 2 is 1.96 bits per heavy atom. The normalized spacial score (nSPS) is 15.9. The van der Waals surface area contributed by atoms with Gasteiger partial charge in [0.05, 0.1) is 6.20 Å². The molecule has 1 aromatic carbocycles. The van der Waals surface area contributed by atoms with Gasteiger partial charge in [-0.2, -0.15) is 5.10 Å². The van der Waals surface area contributed by atoms with Gasteiger partial charge in [-0.3, -0.25) is 4.68 Å². The molecule has 0 radical (unpaired) electrons. The molecule has 2 aromatic rings. The molecule has 1 aliphatic rings. The molecule has 5 nitrogen and oxygen atoms in total. The first-order valence-electron chi connectivity index (χ1n) is 9.36. The summed E-state index contributed by atoms with van der Waals surface area (Å²) < 4.78 is 7.30. The molecule has 1 saturated heterocycles. The lowest BCUT2D eigenvalue weighted by Crippen LogP contribution is -2.42. The number of aryl methyl sites for hydroxylation is 1. The highest BCUT2D eigenvalue weighted by atomic mass is 16.6. The maximum absolute atomic E-state index is 12.2. The molecular weight excluding hydrogens is 326 g/mol. The summed E-state index contributed by atoms with van der Waals surface area (Å²) in [5.74, 6) is 0.609. The number of hydrogen-bond acceptors (Lipinski definition) is 3. The van der Waals surface area contributed by atoms with Crippen LogP contribution in [0.4, 0.5) is 4.79 Å². The molecule has 0 bridgehead atoms. The van der Waals surface area contributed by atoms with E-state index in [1.807, 2.05) is 49.8 Å². The van der Waals surface area contributed by atoms with Gasteiger partial charge in [-0.25, -0.2) is 4.79 Å². The first kappa shape index (κ1) is 18.5. The number of rotatable bonds is 3. The van der Waals surface area contributed by atoms with E-state index in [1.54, 1.807) is 0 Å². The molecule has 1 amide bonds. The quantitative estimate of drug-likeness (QED) is 0.826. The third kappa shape index (κ3) is 4.87. The Labute approximate surface area is 156 Å². The summed E-state index contributed by atoms with van der Waals surface area (Å²) in [4.78, 5) is 14.0. The van der Waals surface area contributed by atoms with Crippen LogP contribution in [0.5, 0.6) is 0 Å². The van der Waals surface area contributed by atoms with Gasteiger partial charge in [-0.15, -0.1) is 0 Å². The van der Waals surface area contributed by atoms with Crippen LogP contribution < -0.4 is 0 Å². The maximum Gasteiger partial charge on any atom is 0.410 e. The van der Waals surface area contributed by atoms with E-state index in [9.17, 15) is 4.79 Å². The minimum atomic E-state index is -0.430. The first-order valence-corrected chi connectivity index (χ1v) is 9.36. The Hall–Kier alpha value is -2.30. The average molecular weight is 355 g/mol. The van der Waals surface area contributed by atoms with E-state index in [4.69, 9.17) is 4.74 Å². The number of benzene rings is 1. The zero-order chi connectivity index (χ0) is 18.7. The summed E-state index contributed by atoms with van der Waals surface area (Å²) >= 11 is 0. The molecule has 0 saturated carbocycles. The molecule has 0 aliphatic carbocycles. The van der Waals surface area contributed by atoms with Crippen molar-refractivity contribution in [2.75, 3.05) is 13.1 Å². The number of ether oxygens (including phenoxy) is 1. The number of hydrogen-bond donors (Lipinski definition) is 0. The molecule has 140 valence electrons. The second-order valence-corrected chi connectivity index (χ2v) is 8.22. The van der Waals surface area contributed by atoms with Gasteiger partial charge in [0, 0.05) is 31.9 Å². The highest BCUT2D eigenvalue weighted by Gasteiger charge is 2.26. The summed E-state index contributed by atoms with van der Waals surface area (Å²) in [5.41, 5.74) is 3.28. The lowest BCUT2D eigenvalue weighted by atomic mass is 9.89. The molecule has 1 aromatic heterocycles. The number of nitrogens with zero attached hydrogens (tertiary/aromatic N) is 3. The van der Waals surface area contributed by atoms with Crippen molar-refractivity contribution in [3.63, 3.8) is 0 Å². The van der Waals surface area contributed by atoms with E-state index in [0.29, 0.717) is 5.92 Å². The number of aromatic nitrogens is 2. The maximum atomic E-state index is 12.2. The van der Waals surface area contributed by atoms with Crippen molar-refractivity contribution in [1.29, 1.82) is 0 Å². The monoisotopic (exact) mass is 355 g/mol. The van der Waals surface area contributed by atoms with Gasteiger partial charge < -0.3 is 9.64 Å². The molecule has 0 N–H and O–H groups in total. The van der Waals surface area contributed by atoms with Crippen LogP contribution in [0.2, 0.25) is 0 Å². The van der Waals surface area contributed by atoms with E-state index in [-0.39, 0.29) is 6.09 Å². The third-order valence-corrected chi connectivity index (χ3v) is 4.76. The Kier molecular flexibility index (Phi) is 5.35. The van der Waals surface area contributed by atoms with Crippen LogP contribution in [0, 0.1) is 5.92 Å². The highest BCUT2D eigenvalue weighted by molar-refractivity contribution is 5.68. The fourth-order valence-electron chi connectivity index (χ4n) is 3.43. The van der Waals surface area contributed by atoms with Gasteiger partial charge in [-0.05, 0) is 57.1 Å². The first-order chi connectivity index (χ1) is 12.3. The summed E-state index contributed by atoms with van der Waals surface area (Å²) in [6.45, 7) is 7.29. The Balaban J connectivity index is 1.56. The topological polar surface area (TPSA) is 47.4 Å². The number of carbonyl (C=O) groups excluding carboxylic acids is 1. The van der Waals surface area contributed by atoms with Crippen LogP contribution in [0.15, 0.2) is 36.7 Å². The number of likely N-dealkylation sites (tertiary alicyclic amines) is 1. The van der Waals surface area contributed by atoms with Crippen LogP contribution in [0.25, 0.3) is 11.1 Å². The number of piperidine rings is 1. The van der Waals surface area contributed by atoms with E-state index in [2.05, 4.69) is 29.4 Å². The molecule has 2 heterocycles. The minimum Gasteiger partial charge on any atom is -0.444 e. The summed E-state index contributed by atoms with van der Waals surface area (Å²) in [7, 11) is 1.94. The standard InChI is InChI=1S/C21H29N3O2/c1-21(2,3)26-20(25)24-10-8-16(9-11-24)12-17-6-5-7-18(13-17)19-14-22-23(4)15-19/h5-7,13-16H,8-12H2,1-4H3. The van der Waals surface area contributed by atoms with Crippen molar-refractivity contribution >= 4 is 6.09 Å². The lowest BCUT2D eigenvalue weighted by Gasteiger charge is -2.33. The third-order valence-electron chi connectivity index (χ3n) is 4.76. The average Bonchev–Trinajstić information content (AvgIpc) is 3.01. The molecule has 5 heteroatoms. The zero-order valence-corrected chi connectivity index (χ0v) is 16.2. The summed E-state index contributed by atoms with van der Waals surface area (Å²) in [6, 6.07) is 8.70. The van der Waals surface area contributed by atoms with Gasteiger partial charge >= 0.3 is 6.09 Å². The molecule has 0 unspecified atom stereocenters. The van der Waals surface area contributed by atoms with E-state index in [1.165, 1.54) is 11.1 Å². The fraction of sp³-hybridized carbons (Fsp3) is 0.524. The molecule has 0 spiro atoms. The predicted octanol–water partition coefficient (Wildman–Crippen LogP) is 4.28. The van der Waals surface area contributed by atoms with Crippen LogP contribution in [0.3, 0.4) is 0 Å². The Morgan fingerprint density at radius 3 is 2.58 bits per heavy atom. The van der Waals surface area contributed by atoms with E-state index < -0.39 is 5.60 Å². The second kappa shape index (κ2) is 7.52.